The normalized spacial score (nSPS) is 14.3. The molecule has 5 nitrogen and oxygen atoms in total. The molecule has 0 fully saturated rings. The molecule has 152 valence electrons. The van der Waals surface area contributed by atoms with Crippen molar-refractivity contribution in [2.45, 2.75) is 17.8 Å². The number of alkyl halides is 3. The minimum Gasteiger partial charge on any atom is -0.352 e. The maximum Gasteiger partial charge on any atom is 0.416 e. The first kappa shape index (κ1) is 20.2. The molecule has 0 bridgehead atoms. The third kappa shape index (κ3) is 3.48. The Bertz CT molecular complexity index is 1140. The first-order valence-corrected chi connectivity index (χ1v) is 9.27. The Morgan fingerprint density at radius 1 is 1.10 bits per heavy atom. The van der Waals surface area contributed by atoms with Crippen molar-refractivity contribution in [3.05, 3.63) is 76.6 Å². The lowest BCUT2D eigenvalue weighted by Gasteiger charge is -2.26. The average molecular weight is 414 g/mol. The van der Waals surface area contributed by atoms with Crippen LogP contribution in [0, 0.1) is 5.82 Å². The van der Waals surface area contributed by atoms with E-state index in [1.54, 1.807) is 32.5 Å². The molecule has 3 heterocycles. The van der Waals surface area contributed by atoms with Crippen LogP contribution in [0.25, 0.3) is 5.69 Å². The Balaban J connectivity index is 1.78. The average Bonchev–Trinajstić information content (AvgIpc) is 3.12. The molecule has 1 N–H and O–H groups in total. The van der Waals surface area contributed by atoms with Gasteiger partial charge in [-0.2, -0.15) is 18.3 Å². The lowest BCUT2D eigenvalue weighted by atomic mass is 9.49. The van der Waals surface area contributed by atoms with E-state index in [-0.39, 0.29) is 11.5 Å². The Morgan fingerprint density at radius 3 is 2.57 bits per heavy atom. The molecule has 0 atom stereocenters. The molecule has 0 spiro atoms. The zero-order chi connectivity index (χ0) is 21.7. The second-order valence-corrected chi connectivity index (χ2v) is 7.67. The summed E-state index contributed by atoms with van der Waals surface area (Å²) in [5, 5.41) is 6.03. The van der Waals surface area contributed by atoms with Crippen molar-refractivity contribution in [2.75, 3.05) is 6.54 Å². The zero-order valence-electron chi connectivity index (χ0n) is 16.2. The van der Waals surface area contributed by atoms with Gasteiger partial charge in [0.05, 0.1) is 28.7 Å². The molecule has 2 aromatic heterocycles. The van der Waals surface area contributed by atoms with Crippen molar-refractivity contribution in [3.8, 4) is 5.69 Å². The highest BCUT2D eigenvalue weighted by Gasteiger charge is 2.34. The summed E-state index contributed by atoms with van der Waals surface area (Å²) in [4.78, 5) is 16.3. The molecule has 0 aliphatic carbocycles. The molecule has 0 saturated heterocycles. The van der Waals surface area contributed by atoms with Crippen molar-refractivity contribution in [3.63, 3.8) is 0 Å². The van der Waals surface area contributed by atoms with E-state index >= 15 is 0 Å². The summed E-state index contributed by atoms with van der Waals surface area (Å²) in [7, 11) is 3.36. The topological polar surface area (TPSA) is 59.8 Å². The molecule has 4 rings (SSSR count). The van der Waals surface area contributed by atoms with E-state index in [1.165, 1.54) is 12.4 Å². The number of amides is 1. The van der Waals surface area contributed by atoms with Crippen LogP contribution in [-0.2, 0) is 17.8 Å². The minimum atomic E-state index is -4.66. The molecule has 1 aromatic carbocycles. The number of nitrogens with zero attached hydrogens (tertiary/aromatic N) is 3. The fourth-order valence-electron chi connectivity index (χ4n) is 3.57. The number of benzene rings is 1. The van der Waals surface area contributed by atoms with Crippen molar-refractivity contribution < 1.29 is 22.4 Å². The van der Waals surface area contributed by atoms with Crippen molar-refractivity contribution in [1.82, 2.24) is 20.1 Å². The Kier molecular flexibility index (Phi) is 4.71. The van der Waals surface area contributed by atoms with Crippen LogP contribution in [0.1, 0.15) is 32.9 Å². The first-order chi connectivity index (χ1) is 14.1. The van der Waals surface area contributed by atoms with Gasteiger partial charge in [-0.1, -0.05) is 0 Å². The summed E-state index contributed by atoms with van der Waals surface area (Å²) in [6.45, 7) is 0.491. The fourth-order valence-corrected chi connectivity index (χ4v) is 3.57. The number of nitrogens with one attached hydrogen (secondary N) is 1. The van der Waals surface area contributed by atoms with E-state index in [9.17, 15) is 22.4 Å². The highest BCUT2D eigenvalue weighted by molar-refractivity contribution is 6.42. The van der Waals surface area contributed by atoms with Crippen LogP contribution in [0.4, 0.5) is 17.6 Å². The largest absolute Gasteiger partial charge is 0.416 e. The van der Waals surface area contributed by atoms with Gasteiger partial charge in [0.2, 0.25) is 0 Å². The molecule has 1 aliphatic rings. The molecule has 0 unspecified atom stereocenters. The lowest BCUT2D eigenvalue weighted by Crippen LogP contribution is -2.32. The molecular weight excluding hydrogens is 398 g/mol. The highest BCUT2D eigenvalue weighted by atomic mass is 19.4. The number of fused-ring (bicyclic) bond motifs is 1. The number of pyridine rings is 1. The SMILES string of the molecule is BC(B)(c1cc(F)cc(C(F)(F)F)c1)c1cc(-n2ncc3c2CCNC3=O)ccn1. The number of rotatable bonds is 3. The maximum atomic E-state index is 14.0. The summed E-state index contributed by atoms with van der Waals surface area (Å²) in [5.74, 6) is -1.16. The van der Waals surface area contributed by atoms with Crippen LogP contribution in [0.15, 0.2) is 42.7 Å². The third-order valence-electron chi connectivity index (χ3n) is 5.34. The second-order valence-electron chi connectivity index (χ2n) is 7.67. The van der Waals surface area contributed by atoms with Crippen molar-refractivity contribution >= 4 is 21.6 Å². The van der Waals surface area contributed by atoms with Gasteiger partial charge in [0, 0.05) is 24.9 Å². The van der Waals surface area contributed by atoms with Gasteiger partial charge < -0.3 is 5.32 Å². The maximum absolute atomic E-state index is 14.0. The molecule has 0 saturated carbocycles. The van der Waals surface area contributed by atoms with E-state index in [0.29, 0.717) is 36.0 Å². The summed E-state index contributed by atoms with van der Waals surface area (Å²) in [6, 6.07) is 5.90. The van der Waals surface area contributed by atoms with E-state index in [2.05, 4.69) is 15.4 Å². The highest BCUT2D eigenvalue weighted by Crippen LogP contribution is 2.34. The van der Waals surface area contributed by atoms with Crippen LogP contribution in [0.3, 0.4) is 0 Å². The van der Waals surface area contributed by atoms with Gasteiger partial charge >= 0.3 is 6.18 Å². The van der Waals surface area contributed by atoms with Gasteiger partial charge in [-0.05, 0) is 41.1 Å². The lowest BCUT2D eigenvalue weighted by molar-refractivity contribution is -0.137. The summed E-state index contributed by atoms with van der Waals surface area (Å²) in [6.07, 6.45) is -1.05. The predicted octanol–water partition coefficient (Wildman–Crippen LogP) is 1.18. The first-order valence-electron chi connectivity index (χ1n) is 9.27. The summed E-state index contributed by atoms with van der Waals surface area (Å²) in [5.41, 5.74) is 1.41. The van der Waals surface area contributed by atoms with E-state index < -0.39 is 22.8 Å². The van der Waals surface area contributed by atoms with Gasteiger partial charge in [0.1, 0.15) is 21.5 Å². The van der Waals surface area contributed by atoms with E-state index in [4.69, 9.17) is 0 Å². The number of carbonyl (C=O) groups excluding carboxylic acids is 1. The molecule has 1 amide bonds. The van der Waals surface area contributed by atoms with Gasteiger partial charge in [-0.15, -0.1) is 0 Å². The molecule has 3 aromatic rings. The summed E-state index contributed by atoms with van der Waals surface area (Å²) >= 11 is 0. The van der Waals surface area contributed by atoms with Gasteiger partial charge in [-0.3, -0.25) is 9.78 Å². The van der Waals surface area contributed by atoms with Crippen LogP contribution < -0.4 is 5.32 Å². The number of halogens is 4. The van der Waals surface area contributed by atoms with Crippen LogP contribution >= 0.6 is 0 Å². The zero-order valence-corrected chi connectivity index (χ0v) is 16.2. The van der Waals surface area contributed by atoms with E-state index in [1.807, 2.05) is 0 Å². The van der Waals surface area contributed by atoms with Crippen molar-refractivity contribution in [1.29, 1.82) is 0 Å². The van der Waals surface area contributed by atoms with Crippen LogP contribution in [0.2, 0.25) is 0 Å². The quantitative estimate of drug-likeness (QED) is 0.518. The molecular formula is C19H16B2F4N4O. The van der Waals surface area contributed by atoms with Crippen molar-refractivity contribution in [2.24, 2.45) is 0 Å². The third-order valence-corrected chi connectivity index (χ3v) is 5.34. The predicted molar refractivity (Wildman–Crippen MR) is 107 cm³/mol. The molecule has 11 heteroatoms. The fraction of sp³-hybridized carbons (Fsp3) is 0.211. The number of hydrogen-bond donors (Lipinski definition) is 1. The minimum absolute atomic E-state index is 0.154. The van der Waals surface area contributed by atoms with Gasteiger partial charge in [-0.25, -0.2) is 9.07 Å². The Labute approximate surface area is 171 Å². The molecule has 0 radical (unpaired) electrons. The number of carbonyl (C=O) groups is 1. The molecule has 1 aliphatic heterocycles. The Hall–Kier alpha value is -3.10. The summed E-state index contributed by atoms with van der Waals surface area (Å²) < 4.78 is 55.0. The van der Waals surface area contributed by atoms with Crippen LogP contribution in [-0.4, -0.2) is 42.9 Å². The number of hydrogen-bond acceptors (Lipinski definition) is 3. The van der Waals surface area contributed by atoms with Gasteiger partial charge in [0.15, 0.2) is 0 Å². The van der Waals surface area contributed by atoms with Gasteiger partial charge in [0.25, 0.3) is 5.91 Å². The molecule has 30 heavy (non-hydrogen) atoms. The Morgan fingerprint density at radius 2 is 1.83 bits per heavy atom. The van der Waals surface area contributed by atoms with E-state index in [0.717, 1.165) is 17.8 Å². The monoisotopic (exact) mass is 414 g/mol. The number of aromatic nitrogens is 3. The smallest absolute Gasteiger partial charge is 0.352 e. The standard InChI is InChI=1S/C19H16B2F4N4O/c20-18(21,10-5-11(19(23,24)25)7-12(22)6-10)16-8-13(1-3-26-16)29-15-2-4-27-17(30)14(15)9-28-29/h1,3,5-9H,2,4,20-21H2,(H,27,30). The van der Waals surface area contributed by atoms with Crippen LogP contribution in [0.5, 0.6) is 0 Å². The second kappa shape index (κ2) is 7.00.